The molecule has 2 aromatic heterocycles. The Balaban J connectivity index is 1.74. The summed E-state index contributed by atoms with van der Waals surface area (Å²) in [6.45, 7) is 4.55. The van der Waals surface area contributed by atoms with E-state index in [1.165, 1.54) is 5.56 Å². The number of thiophene rings is 1. The van der Waals surface area contributed by atoms with Crippen LogP contribution >= 0.6 is 11.3 Å². The number of fused-ring (bicyclic) bond motifs is 1. The minimum atomic E-state index is -0.452. The third-order valence-electron chi connectivity index (χ3n) is 3.65. The number of amides is 1. The molecule has 6 nitrogen and oxygen atoms in total. The van der Waals surface area contributed by atoms with Gasteiger partial charge >= 0.3 is 0 Å². The molecule has 0 aliphatic carbocycles. The Morgan fingerprint density at radius 1 is 1.48 bits per heavy atom. The van der Waals surface area contributed by atoms with Crippen LogP contribution in [0.2, 0.25) is 0 Å². The van der Waals surface area contributed by atoms with Crippen molar-refractivity contribution in [2.24, 2.45) is 5.73 Å². The van der Waals surface area contributed by atoms with Crippen LogP contribution in [0.15, 0.2) is 5.38 Å². The summed E-state index contributed by atoms with van der Waals surface area (Å²) < 4.78 is 5.62. The molecule has 2 aromatic rings. The van der Waals surface area contributed by atoms with E-state index in [1.807, 2.05) is 6.92 Å². The lowest BCUT2D eigenvalue weighted by Crippen LogP contribution is -2.30. The minimum Gasteiger partial charge on any atom is -0.367 e. The smallest absolute Gasteiger partial charge is 0.246 e. The molecule has 2 atom stereocenters. The molecule has 0 bridgehead atoms. The Kier molecular flexibility index (Phi) is 3.77. The molecule has 0 saturated carbocycles. The number of hydrogen-bond acceptors (Lipinski definition) is 6. The van der Waals surface area contributed by atoms with Crippen LogP contribution in [0.1, 0.15) is 24.2 Å². The van der Waals surface area contributed by atoms with Crippen LogP contribution < -0.4 is 11.1 Å². The van der Waals surface area contributed by atoms with E-state index in [0.717, 1.165) is 28.3 Å². The first-order valence-corrected chi connectivity index (χ1v) is 7.83. The zero-order chi connectivity index (χ0) is 15.0. The molecule has 3 rings (SSSR count). The van der Waals surface area contributed by atoms with Crippen molar-refractivity contribution in [1.29, 1.82) is 0 Å². The number of anilines is 1. The van der Waals surface area contributed by atoms with E-state index in [-0.39, 0.29) is 12.0 Å². The standard InChI is InChI=1S/C14H18N4O2S/c1-7-6-21-14-11(7)13(17-8(2)18-14)16-5-9-3-4-10(20-9)12(15)19/h6,9-10H,3-5H2,1-2H3,(H2,15,19)(H,16,17,18)/t9-,10+/m0/s1. The highest BCUT2D eigenvalue weighted by molar-refractivity contribution is 7.17. The molecule has 1 amide bonds. The van der Waals surface area contributed by atoms with Gasteiger partial charge in [0, 0.05) is 6.54 Å². The summed E-state index contributed by atoms with van der Waals surface area (Å²) in [5.41, 5.74) is 6.43. The number of nitrogens with one attached hydrogen (secondary N) is 1. The number of nitrogens with zero attached hydrogens (tertiary/aromatic N) is 2. The Bertz CT molecular complexity index is 685. The fraction of sp³-hybridized carbons (Fsp3) is 0.500. The van der Waals surface area contributed by atoms with Gasteiger partial charge in [-0.3, -0.25) is 4.79 Å². The van der Waals surface area contributed by atoms with Gasteiger partial charge in [0.05, 0.1) is 11.5 Å². The lowest BCUT2D eigenvalue weighted by Gasteiger charge is -2.14. The van der Waals surface area contributed by atoms with E-state index in [9.17, 15) is 4.79 Å². The Labute approximate surface area is 126 Å². The van der Waals surface area contributed by atoms with E-state index in [0.29, 0.717) is 13.0 Å². The van der Waals surface area contributed by atoms with Crippen LogP contribution in [-0.2, 0) is 9.53 Å². The minimum absolute atomic E-state index is 0.00763. The first kappa shape index (κ1) is 14.2. The maximum Gasteiger partial charge on any atom is 0.246 e. The molecular formula is C14H18N4O2S. The highest BCUT2D eigenvalue weighted by Gasteiger charge is 2.29. The Hall–Kier alpha value is -1.73. The number of carbonyl (C=O) groups is 1. The van der Waals surface area contributed by atoms with Crippen LogP contribution in [0.4, 0.5) is 5.82 Å². The lowest BCUT2D eigenvalue weighted by atomic mass is 10.2. The van der Waals surface area contributed by atoms with E-state index in [1.54, 1.807) is 11.3 Å². The molecule has 1 aliphatic rings. The second-order valence-electron chi connectivity index (χ2n) is 5.33. The van der Waals surface area contributed by atoms with Gasteiger partial charge in [0.1, 0.15) is 22.6 Å². The van der Waals surface area contributed by atoms with E-state index in [4.69, 9.17) is 10.5 Å². The maximum atomic E-state index is 11.1. The van der Waals surface area contributed by atoms with Crippen LogP contribution in [0, 0.1) is 13.8 Å². The second kappa shape index (κ2) is 5.57. The summed E-state index contributed by atoms with van der Waals surface area (Å²) in [5.74, 6) is 1.20. The molecule has 0 aromatic carbocycles. The van der Waals surface area contributed by atoms with E-state index >= 15 is 0 Å². The summed E-state index contributed by atoms with van der Waals surface area (Å²) in [7, 11) is 0. The van der Waals surface area contributed by atoms with Crippen molar-refractivity contribution >= 4 is 33.3 Å². The maximum absolute atomic E-state index is 11.1. The number of hydrogen-bond donors (Lipinski definition) is 2. The summed E-state index contributed by atoms with van der Waals surface area (Å²) in [4.78, 5) is 21.0. The molecule has 112 valence electrons. The van der Waals surface area contributed by atoms with Crippen molar-refractivity contribution in [2.45, 2.75) is 38.9 Å². The molecule has 1 fully saturated rings. The average Bonchev–Trinajstić information content (AvgIpc) is 3.03. The number of nitrogens with two attached hydrogens (primary N) is 1. The lowest BCUT2D eigenvalue weighted by molar-refractivity contribution is -0.128. The summed E-state index contributed by atoms with van der Waals surface area (Å²) >= 11 is 1.62. The van der Waals surface area contributed by atoms with Crippen molar-refractivity contribution in [3.63, 3.8) is 0 Å². The van der Waals surface area contributed by atoms with Crippen molar-refractivity contribution < 1.29 is 9.53 Å². The molecule has 1 saturated heterocycles. The zero-order valence-corrected chi connectivity index (χ0v) is 12.9. The van der Waals surface area contributed by atoms with Gasteiger partial charge in [-0.1, -0.05) is 0 Å². The number of ether oxygens (including phenoxy) is 1. The van der Waals surface area contributed by atoms with Gasteiger partial charge in [0.2, 0.25) is 5.91 Å². The van der Waals surface area contributed by atoms with Crippen LogP contribution in [0.5, 0.6) is 0 Å². The first-order valence-electron chi connectivity index (χ1n) is 6.95. The average molecular weight is 306 g/mol. The van der Waals surface area contributed by atoms with Crippen molar-refractivity contribution in [3.05, 3.63) is 16.8 Å². The first-order chi connectivity index (χ1) is 10.0. The van der Waals surface area contributed by atoms with Crippen LogP contribution in [0.25, 0.3) is 10.2 Å². The molecule has 1 aliphatic heterocycles. The quantitative estimate of drug-likeness (QED) is 0.898. The normalized spacial score (nSPS) is 21.8. The van der Waals surface area contributed by atoms with Crippen molar-refractivity contribution in [2.75, 3.05) is 11.9 Å². The molecule has 3 heterocycles. The topological polar surface area (TPSA) is 90.1 Å². The van der Waals surface area contributed by atoms with Gasteiger partial charge in [-0.15, -0.1) is 11.3 Å². The number of primary amides is 1. The van der Waals surface area contributed by atoms with Gasteiger partial charge in [0.25, 0.3) is 0 Å². The van der Waals surface area contributed by atoms with E-state index < -0.39 is 6.10 Å². The van der Waals surface area contributed by atoms with Gasteiger partial charge in [-0.2, -0.15) is 0 Å². The van der Waals surface area contributed by atoms with Gasteiger partial charge < -0.3 is 15.8 Å². The summed E-state index contributed by atoms with van der Waals surface area (Å²) in [5, 5.41) is 6.48. The molecule has 3 N–H and O–H groups in total. The molecule has 7 heteroatoms. The van der Waals surface area contributed by atoms with E-state index in [2.05, 4.69) is 27.6 Å². The number of aromatic nitrogens is 2. The largest absolute Gasteiger partial charge is 0.367 e. The van der Waals surface area contributed by atoms with Crippen molar-refractivity contribution in [3.8, 4) is 0 Å². The third-order valence-corrected chi connectivity index (χ3v) is 4.64. The second-order valence-corrected chi connectivity index (χ2v) is 6.18. The highest BCUT2D eigenvalue weighted by Crippen LogP contribution is 2.29. The SMILES string of the molecule is Cc1nc(NC[C@@H]2CC[C@H](C(N)=O)O2)c2c(C)csc2n1. The summed E-state index contributed by atoms with van der Waals surface area (Å²) in [6.07, 6.45) is 1.06. The van der Waals surface area contributed by atoms with Crippen LogP contribution in [0.3, 0.4) is 0 Å². The molecular weight excluding hydrogens is 288 g/mol. The number of rotatable bonds is 4. The fourth-order valence-corrected chi connectivity index (χ4v) is 3.56. The molecule has 21 heavy (non-hydrogen) atoms. The Morgan fingerprint density at radius 2 is 2.29 bits per heavy atom. The summed E-state index contributed by atoms with van der Waals surface area (Å²) in [6, 6.07) is 0. The molecule has 0 spiro atoms. The highest BCUT2D eigenvalue weighted by atomic mass is 32.1. The van der Waals surface area contributed by atoms with Gasteiger partial charge in [0.15, 0.2) is 0 Å². The van der Waals surface area contributed by atoms with Gasteiger partial charge in [-0.05, 0) is 37.6 Å². The van der Waals surface area contributed by atoms with Crippen LogP contribution in [-0.4, -0.2) is 34.6 Å². The predicted molar refractivity (Wildman–Crippen MR) is 82.5 cm³/mol. The fourth-order valence-electron chi connectivity index (χ4n) is 2.59. The molecule has 0 unspecified atom stereocenters. The van der Waals surface area contributed by atoms with Gasteiger partial charge in [-0.25, -0.2) is 9.97 Å². The monoisotopic (exact) mass is 306 g/mol. The predicted octanol–water partition coefficient (Wildman–Crippen LogP) is 1.75. The van der Waals surface area contributed by atoms with Crippen molar-refractivity contribution in [1.82, 2.24) is 9.97 Å². The zero-order valence-electron chi connectivity index (χ0n) is 12.0. The molecule has 0 radical (unpaired) electrons. The number of aryl methyl sites for hydroxylation is 2. The third kappa shape index (κ3) is 2.84. The Morgan fingerprint density at radius 3 is 3.00 bits per heavy atom. The number of carbonyl (C=O) groups excluding carboxylic acids is 1.